The van der Waals surface area contributed by atoms with Crippen LogP contribution in [0.25, 0.3) is 0 Å². The lowest BCUT2D eigenvalue weighted by Gasteiger charge is -2.01. The van der Waals surface area contributed by atoms with Crippen LogP contribution in [0.15, 0.2) is 17.0 Å². The lowest BCUT2D eigenvalue weighted by Crippen LogP contribution is -2.14. The molecule has 3 N–H and O–H groups in total. The monoisotopic (exact) mass is 209 g/mol. The summed E-state index contributed by atoms with van der Waals surface area (Å²) >= 11 is 0. The standard InChI is InChI=1S/C6H5F2NO3S/c7-4-1-3(10)2-5(6(4)8)13(9,11)12/h1-2,10H,(H2,9,11,12). The molecule has 0 aliphatic heterocycles. The predicted octanol–water partition coefficient (Wildman–Crippen LogP) is 0.318. The van der Waals surface area contributed by atoms with E-state index < -0.39 is 32.3 Å². The van der Waals surface area contributed by atoms with Crippen molar-refractivity contribution in [1.82, 2.24) is 0 Å². The molecule has 4 nitrogen and oxygen atoms in total. The highest BCUT2D eigenvalue weighted by atomic mass is 32.2. The van der Waals surface area contributed by atoms with E-state index in [4.69, 9.17) is 5.11 Å². The number of primary sulfonamides is 1. The van der Waals surface area contributed by atoms with E-state index in [1.165, 1.54) is 0 Å². The first-order valence-electron chi connectivity index (χ1n) is 3.03. The lowest BCUT2D eigenvalue weighted by atomic mass is 10.3. The molecule has 0 bridgehead atoms. The first-order valence-corrected chi connectivity index (χ1v) is 4.58. The Balaban J connectivity index is 3.56. The Labute approximate surface area is 72.7 Å². The molecular weight excluding hydrogens is 204 g/mol. The van der Waals surface area contributed by atoms with Gasteiger partial charge in [0, 0.05) is 12.1 Å². The molecule has 7 heteroatoms. The molecule has 72 valence electrons. The lowest BCUT2D eigenvalue weighted by molar-refractivity contribution is 0.442. The molecule has 0 atom stereocenters. The van der Waals surface area contributed by atoms with Crippen LogP contribution in [0.2, 0.25) is 0 Å². The van der Waals surface area contributed by atoms with Crippen LogP contribution in [0, 0.1) is 11.6 Å². The molecule has 13 heavy (non-hydrogen) atoms. The van der Waals surface area contributed by atoms with E-state index in [1.807, 2.05) is 0 Å². The van der Waals surface area contributed by atoms with Crippen LogP contribution < -0.4 is 5.14 Å². The fraction of sp³-hybridized carbons (Fsp3) is 0. The van der Waals surface area contributed by atoms with Crippen molar-refractivity contribution < 1.29 is 22.3 Å². The van der Waals surface area contributed by atoms with E-state index in [0.717, 1.165) is 0 Å². The summed E-state index contributed by atoms with van der Waals surface area (Å²) in [5.41, 5.74) is 0. The Hall–Kier alpha value is -1.21. The first-order chi connectivity index (χ1) is 5.82. The molecule has 0 amide bonds. The van der Waals surface area contributed by atoms with Gasteiger partial charge in [0.2, 0.25) is 10.0 Å². The summed E-state index contributed by atoms with van der Waals surface area (Å²) in [6.07, 6.45) is 0. The molecule has 1 aromatic carbocycles. The zero-order valence-corrected chi connectivity index (χ0v) is 6.98. The summed E-state index contributed by atoms with van der Waals surface area (Å²) in [4.78, 5) is -1.06. The minimum atomic E-state index is -4.35. The summed E-state index contributed by atoms with van der Waals surface area (Å²) in [6.45, 7) is 0. The van der Waals surface area contributed by atoms with Gasteiger partial charge in [-0.15, -0.1) is 0 Å². The molecule has 0 spiro atoms. The van der Waals surface area contributed by atoms with E-state index in [2.05, 4.69) is 5.14 Å². The number of sulfonamides is 1. The van der Waals surface area contributed by atoms with Gasteiger partial charge in [-0.2, -0.15) is 0 Å². The number of nitrogens with two attached hydrogens (primary N) is 1. The summed E-state index contributed by atoms with van der Waals surface area (Å²) in [7, 11) is -4.35. The summed E-state index contributed by atoms with van der Waals surface area (Å²) < 4.78 is 46.5. The smallest absolute Gasteiger partial charge is 0.241 e. The molecule has 0 heterocycles. The maximum atomic E-state index is 12.7. The van der Waals surface area contributed by atoms with E-state index in [0.29, 0.717) is 12.1 Å². The summed E-state index contributed by atoms with van der Waals surface area (Å²) in [6, 6.07) is 0.984. The Morgan fingerprint density at radius 1 is 1.31 bits per heavy atom. The fourth-order valence-corrected chi connectivity index (χ4v) is 1.39. The van der Waals surface area contributed by atoms with Crippen LogP contribution in [-0.2, 0) is 10.0 Å². The number of aromatic hydroxyl groups is 1. The minimum Gasteiger partial charge on any atom is -0.508 e. The van der Waals surface area contributed by atoms with Gasteiger partial charge in [0.05, 0.1) is 0 Å². The fourth-order valence-electron chi connectivity index (χ4n) is 0.757. The SMILES string of the molecule is NS(=O)(=O)c1cc(O)cc(F)c1F. The minimum absolute atomic E-state index is 0.448. The summed E-state index contributed by atoms with van der Waals surface area (Å²) in [5, 5.41) is 13.3. The number of benzene rings is 1. The van der Waals surface area contributed by atoms with Gasteiger partial charge in [0.15, 0.2) is 11.6 Å². The third-order valence-electron chi connectivity index (χ3n) is 1.29. The van der Waals surface area contributed by atoms with Crippen molar-refractivity contribution in [2.24, 2.45) is 5.14 Å². The quantitative estimate of drug-likeness (QED) is 0.698. The molecule has 0 fully saturated rings. The van der Waals surface area contributed by atoms with Crippen molar-refractivity contribution in [2.75, 3.05) is 0 Å². The highest BCUT2D eigenvalue weighted by Gasteiger charge is 2.19. The molecule has 1 aromatic rings. The highest BCUT2D eigenvalue weighted by molar-refractivity contribution is 7.89. The van der Waals surface area contributed by atoms with E-state index in [1.54, 1.807) is 0 Å². The van der Waals surface area contributed by atoms with E-state index >= 15 is 0 Å². The molecule has 0 aromatic heterocycles. The van der Waals surface area contributed by atoms with Gasteiger partial charge in [-0.05, 0) is 0 Å². The van der Waals surface area contributed by atoms with Crippen molar-refractivity contribution in [1.29, 1.82) is 0 Å². The Bertz CT molecular complexity index is 443. The van der Waals surface area contributed by atoms with Crippen LogP contribution in [0.1, 0.15) is 0 Å². The van der Waals surface area contributed by atoms with Crippen LogP contribution in [0.5, 0.6) is 5.75 Å². The van der Waals surface area contributed by atoms with E-state index in [-0.39, 0.29) is 0 Å². The maximum Gasteiger partial charge on any atom is 0.241 e. The number of hydrogen-bond donors (Lipinski definition) is 2. The van der Waals surface area contributed by atoms with Gasteiger partial charge in [-0.1, -0.05) is 0 Å². The molecule has 1 rings (SSSR count). The van der Waals surface area contributed by atoms with Crippen LogP contribution in [0.3, 0.4) is 0 Å². The number of rotatable bonds is 1. The van der Waals surface area contributed by atoms with Crippen LogP contribution in [0.4, 0.5) is 8.78 Å². The number of phenols is 1. The third kappa shape index (κ3) is 1.93. The van der Waals surface area contributed by atoms with Gasteiger partial charge >= 0.3 is 0 Å². The number of phenolic OH excluding ortho intramolecular Hbond substituents is 1. The zero-order valence-electron chi connectivity index (χ0n) is 6.16. The van der Waals surface area contributed by atoms with Crippen LogP contribution in [-0.4, -0.2) is 13.5 Å². The second-order valence-electron chi connectivity index (χ2n) is 2.28. The Morgan fingerprint density at radius 3 is 2.31 bits per heavy atom. The molecule has 0 saturated heterocycles. The first kappa shape index (κ1) is 9.87. The van der Waals surface area contributed by atoms with Crippen molar-refractivity contribution in [2.45, 2.75) is 4.90 Å². The molecule has 0 saturated carbocycles. The second-order valence-corrected chi connectivity index (χ2v) is 3.81. The van der Waals surface area contributed by atoms with Gasteiger partial charge in [0.1, 0.15) is 10.6 Å². The van der Waals surface area contributed by atoms with E-state index in [9.17, 15) is 17.2 Å². The van der Waals surface area contributed by atoms with Gasteiger partial charge in [0.25, 0.3) is 0 Å². The summed E-state index contributed by atoms with van der Waals surface area (Å²) in [5.74, 6) is -3.77. The normalized spacial score (nSPS) is 11.6. The van der Waals surface area contributed by atoms with Crippen molar-refractivity contribution >= 4 is 10.0 Å². The zero-order chi connectivity index (χ0) is 10.2. The molecule has 0 aliphatic carbocycles. The van der Waals surface area contributed by atoms with Gasteiger partial charge in [-0.25, -0.2) is 22.3 Å². The Morgan fingerprint density at radius 2 is 1.85 bits per heavy atom. The third-order valence-corrected chi connectivity index (χ3v) is 2.20. The van der Waals surface area contributed by atoms with Crippen molar-refractivity contribution in [3.63, 3.8) is 0 Å². The van der Waals surface area contributed by atoms with Gasteiger partial charge < -0.3 is 5.11 Å². The largest absolute Gasteiger partial charge is 0.508 e. The number of hydrogen-bond acceptors (Lipinski definition) is 3. The van der Waals surface area contributed by atoms with Crippen LogP contribution >= 0.6 is 0 Å². The average Bonchev–Trinajstić information content (AvgIpc) is 1.94. The number of halogens is 2. The maximum absolute atomic E-state index is 12.7. The Kier molecular flexibility index (Phi) is 2.22. The topological polar surface area (TPSA) is 80.4 Å². The second kappa shape index (κ2) is 2.93. The molecule has 0 aliphatic rings. The molecule has 0 unspecified atom stereocenters. The van der Waals surface area contributed by atoms with Crippen molar-refractivity contribution in [3.8, 4) is 5.75 Å². The van der Waals surface area contributed by atoms with Crippen molar-refractivity contribution in [3.05, 3.63) is 23.8 Å². The molecule has 0 radical (unpaired) electrons. The van der Waals surface area contributed by atoms with Gasteiger partial charge in [-0.3, -0.25) is 0 Å². The molecular formula is C6H5F2NO3S. The average molecular weight is 209 g/mol. The highest BCUT2D eigenvalue weighted by Crippen LogP contribution is 2.21. The predicted molar refractivity (Wildman–Crippen MR) is 39.4 cm³/mol.